The number of hydrazone groups is 1. The van der Waals surface area contributed by atoms with Crippen molar-refractivity contribution in [2.75, 3.05) is 7.11 Å². The minimum absolute atomic E-state index is 0.0944. The lowest BCUT2D eigenvalue weighted by Crippen LogP contribution is -2.49. The summed E-state index contributed by atoms with van der Waals surface area (Å²) in [6.45, 7) is 23.9. The van der Waals surface area contributed by atoms with Gasteiger partial charge in [-0.3, -0.25) is 4.79 Å². The minimum Gasteiger partial charge on any atom is -0.442 e. The molecule has 0 saturated heterocycles. The highest BCUT2D eigenvalue weighted by Crippen LogP contribution is 2.61. The van der Waals surface area contributed by atoms with Crippen LogP contribution in [0.1, 0.15) is 83.1 Å². The summed E-state index contributed by atoms with van der Waals surface area (Å²) in [5.74, 6) is -0.473. The molecule has 0 bridgehead atoms. The Bertz CT molecular complexity index is 726. The van der Waals surface area contributed by atoms with Gasteiger partial charge in [0.05, 0.1) is 5.71 Å². The Morgan fingerprint density at radius 2 is 1.32 bits per heavy atom. The van der Waals surface area contributed by atoms with Crippen LogP contribution in [0.5, 0.6) is 0 Å². The van der Waals surface area contributed by atoms with E-state index in [1.54, 1.807) is 34.8 Å². The van der Waals surface area contributed by atoms with Gasteiger partial charge in [0.25, 0.3) is 5.91 Å². The number of rotatable bonds is 7. The van der Waals surface area contributed by atoms with E-state index in [-0.39, 0.29) is 24.2 Å². The highest BCUT2D eigenvalue weighted by molar-refractivity contribution is 7.71. The van der Waals surface area contributed by atoms with E-state index in [0.29, 0.717) is 11.0 Å². The van der Waals surface area contributed by atoms with Crippen LogP contribution in [0, 0.1) is 0 Å². The van der Waals surface area contributed by atoms with Crippen LogP contribution in [0.25, 0.3) is 0 Å². The van der Waals surface area contributed by atoms with Gasteiger partial charge < -0.3 is 9.26 Å². The van der Waals surface area contributed by atoms with E-state index in [2.05, 4.69) is 69.8 Å². The molecule has 0 aromatic heterocycles. The van der Waals surface area contributed by atoms with Crippen molar-refractivity contribution in [3.63, 3.8) is 0 Å². The molecule has 0 saturated carbocycles. The molecule has 180 valence electrons. The number of hydrogen-bond donors (Lipinski definition) is 0. The third-order valence-electron chi connectivity index (χ3n) is 4.84. The molecular weight excluding hydrogens is 415 g/mol. The van der Waals surface area contributed by atoms with Crippen LogP contribution in [-0.4, -0.2) is 74.2 Å². The summed E-state index contributed by atoms with van der Waals surface area (Å²) >= 11 is 0. The highest BCUT2D eigenvalue weighted by Gasteiger charge is 2.49. The molecule has 0 radical (unpaired) electrons. The molecule has 1 aliphatic heterocycles. The summed E-state index contributed by atoms with van der Waals surface area (Å²) in [6.07, 6.45) is -0.776. The van der Waals surface area contributed by atoms with Crippen molar-refractivity contribution >= 4 is 30.4 Å². The molecule has 0 aromatic rings. The van der Waals surface area contributed by atoms with Gasteiger partial charge in [-0.05, 0) is 83.1 Å². The normalized spacial score (nSPS) is 16.1. The van der Waals surface area contributed by atoms with Crippen LogP contribution in [-0.2, 0) is 14.1 Å². The van der Waals surface area contributed by atoms with Crippen LogP contribution >= 0.6 is 7.41 Å². The third-order valence-corrected chi connectivity index (χ3v) is 9.55. The maximum Gasteiger partial charge on any atom is 0.438 e. The van der Waals surface area contributed by atoms with Gasteiger partial charge in [0, 0.05) is 31.3 Å². The van der Waals surface area contributed by atoms with Crippen molar-refractivity contribution in [2.24, 2.45) is 5.10 Å². The Morgan fingerprint density at radius 3 is 1.61 bits per heavy atom. The van der Waals surface area contributed by atoms with Gasteiger partial charge in [-0.1, -0.05) is 0 Å². The van der Waals surface area contributed by atoms with Crippen molar-refractivity contribution in [3.8, 4) is 0 Å². The summed E-state index contributed by atoms with van der Waals surface area (Å²) in [6, 6.07) is 0.378. The largest absolute Gasteiger partial charge is 0.442 e. The number of carbonyl (C=O) groups excluding carboxylic acids is 2. The molecule has 0 fully saturated rings. The van der Waals surface area contributed by atoms with Crippen LogP contribution in [0.2, 0.25) is 0 Å². The summed E-state index contributed by atoms with van der Waals surface area (Å²) in [5.41, 5.74) is -0.246. The average molecular weight is 459 g/mol. The van der Waals surface area contributed by atoms with Crippen molar-refractivity contribution in [1.29, 1.82) is 0 Å². The number of ether oxygens (including phenoxy) is 1. The lowest BCUT2D eigenvalue weighted by atomic mass is 10.2. The first-order valence-corrected chi connectivity index (χ1v) is 12.7. The molecule has 0 spiro atoms. The number of hydrogen-bond acceptors (Lipinski definition) is 7. The van der Waals surface area contributed by atoms with E-state index >= 15 is 0 Å². The van der Waals surface area contributed by atoms with Crippen molar-refractivity contribution in [1.82, 2.24) is 14.3 Å². The van der Waals surface area contributed by atoms with Crippen LogP contribution in [0.4, 0.5) is 4.79 Å². The zero-order valence-electron chi connectivity index (χ0n) is 21.7. The second-order valence-corrected chi connectivity index (χ2v) is 12.8. The second kappa shape index (κ2) is 10.2. The predicted molar refractivity (Wildman–Crippen MR) is 129 cm³/mol. The fourth-order valence-electron chi connectivity index (χ4n) is 4.34. The molecule has 1 aliphatic rings. The summed E-state index contributed by atoms with van der Waals surface area (Å²) in [4.78, 5) is 26.5. The first-order chi connectivity index (χ1) is 14.0. The quantitative estimate of drug-likeness (QED) is 0.502. The fraction of sp³-hybridized carbons (Fsp3) is 0.818. The van der Waals surface area contributed by atoms with Gasteiger partial charge in [-0.15, -0.1) is 5.01 Å². The number of carbonyl (C=O) groups is 2. The van der Waals surface area contributed by atoms with E-state index in [1.165, 1.54) is 0 Å². The fourth-order valence-corrected chi connectivity index (χ4v) is 8.91. The van der Waals surface area contributed by atoms with Gasteiger partial charge in [0.15, 0.2) is 7.41 Å². The van der Waals surface area contributed by atoms with Gasteiger partial charge in [0.2, 0.25) is 0 Å². The van der Waals surface area contributed by atoms with Gasteiger partial charge in [0.1, 0.15) is 10.9 Å². The van der Waals surface area contributed by atoms with E-state index in [0.717, 1.165) is 5.01 Å². The summed E-state index contributed by atoms with van der Waals surface area (Å²) in [7, 11) is -1.20. The molecule has 0 aliphatic carbocycles. The van der Waals surface area contributed by atoms with Gasteiger partial charge in [-0.2, -0.15) is 5.10 Å². The Hall–Kier alpha value is -1.21. The predicted octanol–water partition coefficient (Wildman–Crippen LogP) is 4.96. The smallest absolute Gasteiger partial charge is 0.438 e. The molecule has 9 heteroatoms. The maximum absolute atomic E-state index is 13.7. The molecule has 2 amide bonds. The Balaban J connectivity index is 3.97. The van der Waals surface area contributed by atoms with Gasteiger partial charge >= 0.3 is 6.09 Å². The first kappa shape index (κ1) is 27.8. The molecule has 31 heavy (non-hydrogen) atoms. The van der Waals surface area contributed by atoms with E-state index in [4.69, 9.17) is 9.26 Å². The molecule has 0 N–H and O–H groups in total. The van der Waals surface area contributed by atoms with E-state index in [9.17, 15) is 9.59 Å². The standard InChI is InChI=1S/C22H43N4O4P/c1-14(2)25(15(3)4)31(29-13,26(16(5)6)17(7)8)19-18(9)23-24(20(19)27)21(28)30-22(10,11)12/h14-17H,1-13H3. The topological polar surface area (TPSA) is 74.7 Å². The van der Waals surface area contributed by atoms with Crippen molar-refractivity contribution in [3.05, 3.63) is 0 Å². The molecule has 0 atom stereocenters. The van der Waals surface area contributed by atoms with Crippen LogP contribution in [0.15, 0.2) is 5.10 Å². The monoisotopic (exact) mass is 458 g/mol. The van der Waals surface area contributed by atoms with Crippen molar-refractivity contribution in [2.45, 2.75) is 113 Å². The average Bonchev–Trinajstić information content (AvgIpc) is 2.86. The molecular formula is C22H43N4O4P. The zero-order chi connectivity index (χ0) is 24.5. The summed E-state index contributed by atoms with van der Waals surface area (Å²) in [5, 5.41) is 5.63. The van der Waals surface area contributed by atoms with E-state index < -0.39 is 25.0 Å². The molecule has 1 heterocycles. The summed E-state index contributed by atoms with van der Waals surface area (Å²) < 4.78 is 16.4. The first-order valence-electron chi connectivity index (χ1n) is 11.1. The zero-order valence-corrected chi connectivity index (χ0v) is 22.6. The van der Waals surface area contributed by atoms with Crippen molar-refractivity contribution < 1.29 is 18.8 Å². The number of nitrogens with zero attached hydrogens (tertiary/aromatic N) is 4. The lowest BCUT2D eigenvalue weighted by Gasteiger charge is -2.51. The Kier molecular flexibility index (Phi) is 9.12. The van der Waals surface area contributed by atoms with E-state index in [1.807, 2.05) is 0 Å². The highest BCUT2D eigenvalue weighted by atomic mass is 31.2. The van der Waals surface area contributed by atoms with Crippen LogP contribution in [0.3, 0.4) is 0 Å². The SMILES string of the molecule is COP(=C1C(=O)N(C(=O)OC(C)(C)C)N=C1C)(N(C(C)C)C(C)C)N(C(C)C)C(C)C. The van der Waals surface area contributed by atoms with Gasteiger partial charge in [-0.25, -0.2) is 14.1 Å². The Labute approximate surface area is 189 Å². The Morgan fingerprint density at radius 1 is 0.935 bits per heavy atom. The third kappa shape index (κ3) is 5.59. The number of amides is 2. The maximum atomic E-state index is 13.7. The second-order valence-electron chi connectivity index (χ2n) is 9.99. The molecule has 8 nitrogen and oxygen atoms in total. The molecule has 0 unspecified atom stereocenters. The van der Waals surface area contributed by atoms with Crippen LogP contribution < -0.4 is 0 Å². The number of imide groups is 1. The minimum atomic E-state index is -2.86. The molecule has 1 rings (SSSR count). The lowest BCUT2D eigenvalue weighted by molar-refractivity contribution is -0.122. The molecule has 0 aromatic carbocycles.